The Balaban J connectivity index is 1.84. The van der Waals surface area contributed by atoms with E-state index in [9.17, 15) is 5.11 Å². The Morgan fingerprint density at radius 2 is 2.29 bits per heavy atom. The molecule has 3 N–H and O–H groups in total. The molecule has 0 bridgehead atoms. The fourth-order valence-electron chi connectivity index (χ4n) is 2.23. The predicted molar refractivity (Wildman–Crippen MR) is 88.7 cm³/mol. The van der Waals surface area contributed by atoms with Gasteiger partial charge in [-0.1, -0.05) is 0 Å². The highest BCUT2D eigenvalue weighted by molar-refractivity contribution is 8.00. The number of hydrogen-bond donors (Lipinski definition) is 3. The second-order valence-corrected chi connectivity index (χ2v) is 6.44. The molecule has 0 aliphatic carbocycles. The van der Waals surface area contributed by atoms with Gasteiger partial charge in [-0.15, -0.1) is 0 Å². The lowest BCUT2D eigenvalue weighted by molar-refractivity contribution is 0.187. The van der Waals surface area contributed by atoms with Crippen LogP contribution in [0.5, 0.6) is 0 Å². The molecule has 2 heterocycles. The molecule has 0 saturated carbocycles. The largest absolute Gasteiger partial charge is 0.386 e. The van der Waals surface area contributed by atoms with E-state index >= 15 is 0 Å². The molecule has 1 saturated heterocycles. The van der Waals surface area contributed by atoms with Crippen LogP contribution in [0.4, 0.5) is 0 Å². The number of aromatic nitrogens is 1. The van der Waals surface area contributed by atoms with E-state index in [1.54, 1.807) is 12.4 Å². The van der Waals surface area contributed by atoms with Crippen molar-refractivity contribution in [3.63, 3.8) is 0 Å². The van der Waals surface area contributed by atoms with Gasteiger partial charge in [-0.05, 0) is 43.2 Å². The van der Waals surface area contributed by atoms with Crippen LogP contribution >= 0.6 is 11.8 Å². The Morgan fingerprint density at radius 3 is 2.95 bits per heavy atom. The van der Waals surface area contributed by atoms with Gasteiger partial charge in [0.2, 0.25) is 0 Å². The van der Waals surface area contributed by atoms with E-state index < -0.39 is 6.10 Å². The number of rotatable bonds is 6. The minimum atomic E-state index is -0.593. The first-order valence-electron chi connectivity index (χ1n) is 7.51. The van der Waals surface area contributed by atoms with E-state index in [0.717, 1.165) is 24.6 Å². The second kappa shape index (κ2) is 8.89. The van der Waals surface area contributed by atoms with Crippen molar-refractivity contribution in [2.45, 2.75) is 31.1 Å². The number of aliphatic hydroxyl groups is 1. The van der Waals surface area contributed by atoms with E-state index in [-0.39, 0.29) is 0 Å². The van der Waals surface area contributed by atoms with Crippen LogP contribution in [0.1, 0.15) is 31.4 Å². The smallest absolute Gasteiger partial charge is 0.191 e. The van der Waals surface area contributed by atoms with Gasteiger partial charge in [-0.25, -0.2) is 0 Å². The predicted octanol–water partition coefficient (Wildman–Crippen LogP) is 1.57. The lowest BCUT2D eigenvalue weighted by Gasteiger charge is -2.15. The maximum Gasteiger partial charge on any atom is 0.191 e. The SMILES string of the molecule is CCNC(=NCC(O)c1ccncc1)NCC1CCCS1. The van der Waals surface area contributed by atoms with E-state index in [1.165, 1.54) is 18.6 Å². The average Bonchev–Trinajstić information content (AvgIpc) is 3.04. The molecular weight excluding hydrogens is 284 g/mol. The summed E-state index contributed by atoms with van der Waals surface area (Å²) in [6.07, 6.45) is 5.36. The summed E-state index contributed by atoms with van der Waals surface area (Å²) in [6, 6.07) is 3.63. The van der Waals surface area contributed by atoms with Gasteiger partial charge >= 0.3 is 0 Å². The van der Waals surface area contributed by atoms with Crippen LogP contribution in [0.3, 0.4) is 0 Å². The number of hydrogen-bond acceptors (Lipinski definition) is 4. The molecular formula is C15H24N4OS. The molecule has 5 nitrogen and oxygen atoms in total. The summed E-state index contributed by atoms with van der Waals surface area (Å²) in [5.41, 5.74) is 0.843. The number of thioether (sulfide) groups is 1. The Bertz CT molecular complexity index is 435. The molecule has 2 unspecified atom stereocenters. The molecule has 116 valence electrons. The maximum atomic E-state index is 10.1. The van der Waals surface area contributed by atoms with Crippen LogP contribution < -0.4 is 10.6 Å². The summed E-state index contributed by atoms with van der Waals surface area (Å²) in [4.78, 5) is 8.42. The van der Waals surface area contributed by atoms with E-state index in [1.807, 2.05) is 30.8 Å². The van der Waals surface area contributed by atoms with Crippen LogP contribution in [0.15, 0.2) is 29.5 Å². The summed E-state index contributed by atoms with van der Waals surface area (Å²) in [5.74, 6) is 2.04. The van der Waals surface area contributed by atoms with Crippen molar-refractivity contribution in [1.29, 1.82) is 0 Å². The summed E-state index contributed by atoms with van der Waals surface area (Å²) < 4.78 is 0. The monoisotopic (exact) mass is 308 g/mol. The molecule has 1 aromatic heterocycles. The van der Waals surface area contributed by atoms with E-state index in [0.29, 0.717) is 11.8 Å². The summed E-state index contributed by atoms with van der Waals surface area (Å²) >= 11 is 2.02. The summed E-state index contributed by atoms with van der Waals surface area (Å²) in [5, 5.41) is 17.4. The lowest BCUT2D eigenvalue weighted by Crippen LogP contribution is -2.40. The summed E-state index contributed by atoms with van der Waals surface area (Å²) in [6.45, 7) is 4.13. The molecule has 1 fully saturated rings. The van der Waals surface area contributed by atoms with Crippen molar-refractivity contribution < 1.29 is 5.11 Å². The first-order chi connectivity index (χ1) is 10.3. The first-order valence-corrected chi connectivity index (χ1v) is 8.56. The zero-order valence-electron chi connectivity index (χ0n) is 12.5. The average molecular weight is 308 g/mol. The van der Waals surface area contributed by atoms with Gasteiger partial charge in [0.15, 0.2) is 5.96 Å². The topological polar surface area (TPSA) is 69.5 Å². The number of aliphatic imine (C=N–C) groups is 1. The van der Waals surface area contributed by atoms with Crippen LogP contribution in [0, 0.1) is 0 Å². The normalized spacial score (nSPS) is 20.3. The Labute approximate surface area is 130 Å². The molecule has 2 rings (SSSR count). The minimum absolute atomic E-state index is 0.344. The number of aliphatic hydroxyl groups excluding tert-OH is 1. The van der Waals surface area contributed by atoms with Crippen molar-refractivity contribution in [2.75, 3.05) is 25.4 Å². The second-order valence-electron chi connectivity index (χ2n) is 5.03. The molecule has 0 aromatic carbocycles. The highest BCUT2D eigenvalue weighted by Crippen LogP contribution is 2.25. The summed E-state index contributed by atoms with van der Waals surface area (Å²) in [7, 11) is 0. The van der Waals surface area contributed by atoms with E-state index in [4.69, 9.17) is 0 Å². The van der Waals surface area contributed by atoms with Gasteiger partial charge in [-0.2, -0.15) is 11.8 Å². The molecule has 1 aliphatic heterocycles. The molecule has 2 atom stereocenters. The van der Waals surface area contributed by atoms with Crippen molar-refractivity contribution in [3.05, 3.63) is 30.1 Å². The quantitative estimate of drug-likeness (QED) is 0.550. The van der Waals surface area contributed by atoms with Gasteiger partial charge in [-0.3, -0.25) is 9.98 Å². The zero-order valence-corrected chi connectivity index (χ0v) is 13.3. The maximum absolute atomic E-state index is 10.1. The molecule has 21 heavy (non-hydrogen) atoms. The van der Waals surface area contributed by atoms with Crippen LogP contribution in [0.25, 0.3) is 0 Å². The Hall–Kier alpha value is -1.27. The molecule has 0 radical (unpaired) electrons. The molecule has 1 aliphatic rings. The lowest BCUT2D eigenvalue weighted by atomic mass is 10.1. The van der Waals surface area contributed by atoms with Crippen LogP contribution in [-0.4, -0.2) is 46.7 Å². The number of nitrogens with one attached hydrogen (secondary N) is 2. The number of guanidine groups is 1. The van der Waals surface area contributed by atoms with Crippen molar-refractivity contribution in [3.8, 4) is 0 Å². The number of nitrogens with zero attached hydrogens (tertiary/aromatic N) is 2. The minimum Gasteiger partial charge on any atom is -0.386 e. The molecule has 1 aromatic rings. The molecule has 0 amide bonds. The van der Waals surface area contributed by atoms with E-state index in [2.05, 4.69) is 20.6 Å². The molecule has 6 heteroatoms. The van der Waals surface area contributed by atoms with Gasteiger partial charge in [0, 0.05) is 30.7 Å². The molecule has 0 spiro atoms. The highest BCUT2D eigenvalue weighted by Gasteiger charge is 2.15. The third kappa shape index (κ3) is 5.55. The third-order valence-corrected chi connectivity index (χ3v) is 4.78. The van der Waals surface area contributed by atoms with Gasteiger partial charge in [0.25, 0.3) is 0 Å². The van der Waals surface area contributed by atoms with Crippen LogP contribution in [-0.2, 0) is 0 Å². The highest BCUT2D eigenvalue weighted by atomic mass is 32.2. The first kappa shape index (κ1) is 16.1. The van der Waals surface area contributed by atoms with Gasteiger partial charge in [0.05, 0.1) is 12.6 Å². The van der Waals surface area contributed by atoms with Crippen LogP contribution in [0.2, 0.25) is 0 Å². The van der Waals surface area contributed by atoms with Crippen molar-refractivity contribution >= 4 is 17.7 Å². The van der Waals surface area contributed by atoms with Crippen molar-refractivity contribution in [2.24, 2.45) is 4.99 Å². The Morgan fingerprint density at radius 1 is 1.48 bits per heavy atom. The number of pyridine rings is 1. The fraction of sp³-hybridized carbons (Fsp3) is 0.600. The fourth-order valence-corrected chi connectivity index (χ4v) is 3.43. The zero-order chi connectivity index (χ0) is 14.9. The Kier molecular flexibility index (Phi) is 6.82. The third-order valence-electron chi connectivity index (χ3n) is 3.38. The van der Waals surface area contributed by atoms with Crippen molar-refractivity contribution in [1.82, 2.24) is 15.6 Å². The standard InChI is InChI=1S/C15H24N4OS/c1-2-17-15(18-10-13-4-3-9-21-13)19-11-14(20)12-5-7-16-8-6-12/h5-8,13-14,20H,2-4,9-11H2,1H3,(H2,17,18,19). The van der Waals surface area contributed by atoms with Gasteiger partial charge < -0.3 is 15.7 Å². The van der Waals surface area contributed by atoms with Gasteiger partial charge in [0.1, 0.15) is 0 Å².